The Hall–Kier alpha value is -0.710. The largest absolute Gasteiger partial charge is 0.350 e. The lowest BCUT2D eigenvalue weighted by Gasteiger charge is -2.50. The Morgan fingerprint density at radius 3 is 1.77 bits per heavy atom. The molecular weight excluding hydrogens is 409 g/mol. The summed E-state index contributed by atoms with van der Waals surface area (Å²) in [6, 6.07) is 10.1. The van der Waals surface area contributed by atoms with Gasteiger partial charge < -0.3 is 9.05 Å². The molecule has 0 saturated heterocycles. The van der Waals surface area contributed by atoms with Gasteiger partial charge in [0, 0.05) is 5.54 Å². The minimum atomic E-state index is -3.52. The van der Waals surface area contributed by atoms with Crippen molar-refractivity contribution in [2.24, 2.45) is 10.8 Å². The highest BCUT2D eigenvalue weighted by Gasteiger charge is 2.53. The first-order valence-electron chi connectivity index (χ1n) is 11.5. The van der Waals surface area contributed by atoms with Crippen LogP contribution in [0.25, 0.3) is 0 Å². The summed E-state index contributed by atoms with van der Waals surface area (Å²) in [4.78, 5) is 6.68. The van der Waals surface area contributed by atoms with Gasteiger partial charge >= 0.3 is 7.60 Å². The highest BCUT2D eigenvalue weighted by Crippen LogP contribution is 2.61. The lowest BCUT2D eigenvalue weighted by molar-refractivity contribution is -0.273. The number of nitrogens with zero attached hydrogens (tertiary/aromatic N) is 1. The number of hydrogen-bond donors (Lipinski definition) is 0. The molecule has 0 aliphatic rings. The summed E-state index contributed by atoms with van der Waals surface area (Å²) in [6.45, 7) is 23.5. The van der Waals surface area contributed by atoms with E-state index in [1.165, 1.54) is 0 Å². The molecule has 0 aliphatic heterocycles. The predicted octanol–water partition coefficient (Wildman–Crippen LogP) is 7.83. The van der Waals surface area contributed by atoms with E-state index in [2.05, 4.69) is 67.5 Å². The molecule has 6 heteroatoms. The van der Waals surface area contributed by atoms with Gasteiger partial charge in [-0.05, 0) is 57.4 Å². The SMILES string of the molecule is CCOP(=O)(OCC)C(N(OC(C)c1ccccc1)C(C)(C)CC(C)(C)C)C(C)(C)C. The summed E-state index contributed by atoms with van der Waals surface area (Å²) >= 11 is 0. The fourth-order valence-corrected chi connectivity index (χ4v) is 7.00. The summed E-state index contributed by atoms with van der Waals surface area (Å²) < 4.78 is 25.9. The molecule has 0 saturated carbocycles. The maximum absolute atomic E-state index is 14.2. The van der Waals surface area contributed by atoms with Crippen molar-refractivity contribution in [1.29, 1.82) is 0 Å². The van der Waals surface area contributed by atoms with E-state index in [4.69, 9.17) is 13.9 Å². The summed E-state index contributed by atoms with van der Waals surface area (Å²) in [5.41, 5.74) is 0.258. The van der Waals surface area contributed by atoms with Crippen molar-refractivity contribution in [1.82, 2.24) is 5.06 Å². The Balaban J connectivity index is 3.59. The van der Waals surface area contributed by atoms with E-state index in [1.807, 2.05) is 44.0 Å². The van der Waals surface area contributed by atoms with Crippen LogP contribution in [0.1, 0.15) is 94.2 Å². The molecule has 1 rings (SSSR count). The van der Waals surface area contributed by atoms with Crippen molar-refractivity contribution in [2.45, 2.75) is 100 Å². The lowest BCUT2D eigenvalue weighted by atomic mass is 9.80. The van der Waals surface area contributed by atoms with E-state index in [-0.39, 0.29) is 11.5 Å². The van der Waals surface area contributed by atoms with E-state index >= 15 is 0 Å². The number of rotatable bonds is 11. The minimum absolute atomic E-state index is 0.0464. The summed E-state index contributed by atoms with van der Waals surface area (Å²) in [6.07, 6.45) is 0.619. The third-order valence-electron chi connectivity index (χ3n) is 5.01. The van der Waals surface area contributed by atoms with Crippen molar-refractivity contribution >= 4 is 7.60 Å². The second-order valence-corrected chi connectivity index (χ2v) is 13.2. The first kappa shape index (κ1) is 28.3. The van der Waals surface area contributed by atoms with E-state index in [1.54, 1.807) is 0 Å². The highest BCUT2D eigenvalue weighted by molar-refractivity contribution is 7.54. The molecule has 1 aromatic carbocycles. The Labute approximate surface area is 191 Å². The van der Waals surface area contributed by atoms with E-state index in [0.29, 0.717) is 13.2 Å². The van der Waals surface area contributed by atoms with Gasteiger partial charge in [0.2, 0.25) is 0 Å². The Morgan fingerprint density at radius 2 is 1.39 bits per heavy atom. The van der Waals surface area contributed by atoms with E-state index in [0.717, 1.165) is 12.0 Å². The van der Waals surface area contributed by atoms with Crippen molar-refractivity contribution in [3.8, 4) is 0 Å². The van der Waals surface area contributed by atoms with E-state index < -0.39 is 24.3 Å². The highest BCUT2D eigenvalue weighted by atomic mass is 31.2. The molecule has 0 aromatic heterocycles. The normalized spacial score (nSPS) is 15.9. The van der Waals surface area contributed by atoms with Crippen LogP contribution in [0, 0.1) is 10.8 Å². The molecule has 1 aromatic rings. The number of hydroxylamine groups is 2. The minimum Gasteiger partial charge on any atom is -0.308 e. The second-order valence-electron chi connectivity index (χ2n) is 11.1. The van der Waals surface area contributed by atoms with Crippen LogP contribution in [0.15, 0.2) is 30.3 Å². The molecule has 0 heterocycles. The molecule has 2 atom stereocenters. The summed E-state index contributed by atoms with van der Waals surface area (Å²) in [5.74, 6) is -0.580. The lowest BCUT2D eigenvalue weighted by Crippen LogP contribution is -2.56. The second kappa shape index (κ2) is 10.9. The van der Waals surface area contributed by atoms with Crippen LogP contribution in [0.5, 0.6) is 0 Å². The third-order valence-corrected chi connectivity index (χ3v) is 7.83. The van der Waals surface area contributed by atoms with Crippen molar-refractivity contribution in [3.63, 3.8) is 0 Å². The predicted molar refractivity (Wildman–Crippen MR) is 130 cm³/mol. The average Bonchev–Trinajstić information content (AvgIpc) is 2.59. The average molecular weight is 456 g/mol. The van der Waals surface area contributed by atoms with Crippen molar-refractivity contribution < 1.29 is 18.5 Å². The van der Waals surface area contributed by atoms with Crippen LogP contribution in [-0.4, -0.2) is 29.6 Å². The van der Waals surface area contributed by atoms with Gasteiger partial charge in [-0.15, -0.1) is 0 Å². The van der Waals surface area contributed by atoms with Crippen LogP contribution in [0.3, 0.4) is 0 Å². The van der Waals surface area contributed by atoms with Gasteiger partial charge in [-0.25, -0.2) is 0 Å². The summed E-state index contributed by atoms with van der Waals surface area (Å²) in [5, 5.41) is 1.93. The van der Waals surface area contributed by atoms with Crippen LogP contribution >= 0.6 is 7.60 Å². The van der Waals surface area contributed by atoms with Crippen LogP contribution in [-0.2, 0) is 18.5 Å². The molecule has 0 bridgehead atoms. The van der Waals surface area contributed by atoms with Gasteiger partial charge in [-0.3, -0.25) is 9.40 Å². The van der Waals surface area contributed by atoms with Gasteiger partial charge in [-0.1, -0.05) is 71.9 Å². The van der Waals surface area contributed by atoms with Gasteiger partial charge in [-0.2, -0.15) is 5.06 Å². The zero-order chi connectivity index (χ0) is 24.1. The maximum Gasteiger partial charge on any atom is 0.350 e. The molecule has 0 amide bonds. The van der Waals surface area contributed by atoms with Gasteiger partial charge in [0.25, 0.3) is 0 Å². The Morgan fingerprint density at radius 1 is 0.903 bits per heavy atom. The smallest absolute Gasteiger partial charge is 0.308 e. The fraction of sp³-hybridized carbons (Fsp3) is 0.760. The monoisotopic (exact) mass is 455 g/mol. The first-order chi connectivity index (χ1) is 14.1. The molecule has 0 fully saturated rings. The first-order valence-corrected chi connectivity index (χ1v) is 13.1. The van der Waals surface area contributed by atoms with E-state index in [9.17, 15) is 4.57 Å². The van der Waals surface area contributed by atoms with Crippen LogP contribution in [0.4, 0.5) is 0 Å². The summed E-state index contributed by atoms with van der Waals surface area (Å²) in [7, 11) is -3.52. The topological polar surface area (TPSA) is 48.0 Å². The molecule has 31 heavy (non-hydrogen) atoms. The van der Waals surface area contributed by atoms with Crippen LogP contribution < -0.4 is 0 Å². The zero-order valence-corrected chi connectivity index (χ0v) is 22.6. The maximum atomic E-state index is 14.2. The molecule has 0 radical (unpaired) electrons. The molecule has 180 valence electrons. The standard InChI is InChI=1S/C25H46NO4P/c1-12-28-31(27,29-13-2)22(24(7,8)9)26(25(10,11)19-23(4,5)6)30-20(3)21-17-15-14-16-18-21/h14-18,20,22H,12-13,19H2,1-11H3. The number of benzene rings is 1. The number of hydrogen-bond acceptors (Lipinski definition) is 5. The molecular formula is C25H46NO4P. The Kier molecular flexibility index (Phi) is 10.00. The van der Waals surface area contributed by atoms with Gasteiger partial charge in [0.15, 0.2) is 0 Å². The fourth-order valence-electron chi connectivity index (χ4n) is 4.36. The van der Waals surface area contributed by atoms with Crippen LogP contribution in [0.2, 0.25) is 0 Å². The van der Waals surface area contributed by atoms with Gasteiger partial charge in [0.05, 0.1) is 13.2 Å². The van der Waals surface area contributed by atoms with Gasteiger partial charge in [0.1, 0.15) is 11.9 Å². The van der Waals surface area contributed by atoms with Crippen molar-refractivity contribution in [2.75, 3.05) is 13.2 Å². The molecule has 0 N–H and O–H groups in total. The van der Waals surface area contributed by atoms with Crippen molar-refractivity contribution in [3.05, 3.63) is 35.9 Å². The quantitative estimate of drug-likeness (QED) is 0.251. The zero-order valence-electron chi connectivity index (χ0n) is 21.7. The Bertz CT molecular complexity index is 696. The third kappa shape index (κ3) is 8.29. The molecule has 0 aliphatic carbocycles. The molecule has 5 nitrogen and oxygen atoms in total. The molecule has 0 spiro atoms. The molecule has 2 unspecified atom stereocenters.